The molecule has 7 heteroatoms. The van der Waals surface area contributed by atoms with Crippen molar-refractivity contribution in [2.24, 2.45) is 0 Å². The molecule has 0 saturated carbocycles. The van der Waals surface area contributed by atoms with Crippen LogP contribution >= 0.6 is 0 Å². The van der Waals surface area contributed by atoms with Crippen LogP contribution in [0.5, 0.6) is 5.75 Å². The van der Waals surface area contributed by atoms with Gasteiger partial charge in [-0.05, 0) is 23.8 Å². The van der Waals surface area contributed by atoms with Gasteiger partial charge in [-0.15, -0.1) is 0 Å². The van der Waals surface area contributed by atoms with Gasteiger partial charge < -0.3 is 15.0 Å². The number of halogens is 3. The van der Waals surface area contributed by atoms with Crippen LogP contribution < -0.4 is 16.0 Å². The Labute approximate surface area is 118 Å². The molecule has 4 nitrogen and oxygen atoms in total. The lowest BCUT2D eigenvalue weighted by atomic mass is 10.1. The Kier molecular flexibility index (Phi) is 3.93. The summed E-state index contributed by atoms with van der Waals surface area (Å²) >= 11 is 0. The number of nitrogens with zero attached hydrogens (tertiary/aromatic N) is 1. The summed E-state index contributed by atoms with van der Waals surface area (Å²) in [6, 6.07) is 6.43. The van der Waals surface area contributed by atoms with Crippen LogP contribution in [0.1, 0.15) is 11.1 Å². The third-order valence-electron chi connectivity index (χ3n) is 2.89. The standard InChI is InChI=1S/C14H13F3N2O2/c1-21-12-5-9(4-11(18)6-12)7-19-8-10(14(15,16)17)2-3-13(19)20/h2-6,8H,7,18H2,1H3. The fraction of sp³-hybridized carbons (Fsp3) is 0.214. The first kappa shape index (κ1) is 15.0. The molecule has 0 radical (unpaired) electrons. The van der Waals surface area contributed by atoms with Crippen molar-refractivity contribution in [2.45, 2.75) is 12.7 Å². The zero-order valence-corrected chi connectivity index (χ0v) is 11.1. The Balaban J connectivity index is 2.39. The maximum absolute atomic E-state index is 12.7. The molecule has 0 aliphatic carbocycles. The van der Waals surface area contributed by atoms with Gasteiger partial charge in [-0.1, -0.05) is 0 Å². The van der Waals surface area contributed by atoms with E-state index in [-0.39, 0.29) is 6.54 Å². The molecule has 0 aliphatic rings. The molecule has 0 spiro atoms. The van der Waals surface area contributed by atoms with E-state index in [2.05, 4.69) is 0 Å². The van der Waals surface area contributed by atoms with E-state index in [1.165, 1.54) is 7.11 Å². The van der Waals surface area contributed by atoms with Gasteiger partial charge in [-0.2, -0.15) is 13.2 Å². The van der Waals surface area contributed by atoms with Crippen LogP contribution in [-0.4, -0.2) is 11.7 Å². The molecule has 0 fully saturated rings. The van der Waals surface area contributed by atoms with Crippen LogP contribution in [0.25, 0.3) is 0 Å². The number of hydrogen-bond acceptors (Lipinski definition) is 3. The predicted octanol–water partition coefficient (Wildman–Crippen LogP) is 2.51. The molecule has 0 amide bonds. The minimum atomic E-state index is -4.50. The number of benzene rings is 1. The zero-order valence-electron chi connectivity index (χ0n) is 11.1. The SMILES string of the molecule is COc1cc(N)cc(Cn2cc(C(F)(F)F)ccc2=O)c1. The van der Waals surface area contributed by atoms with Gasteiger partial charge in [-0.3, -0.25) is 4.79 Å². The first-order valence-corrected chi connectivity index (χ1v) is 6.01. The number of nitrogens with two attached hydrogens (primary N) is 1. The average molecular weight is 298 g/mol. The summed E-state index contributed by atoms with van der Waals surface area (Å²) in [5.74, 6) is 0.477. The van der Waals surface area contributed by atoms with Crippen LogP contribution in [0, 0.1) is 0 Å². The van der Waals surface area contributed by atoms with Gasteiger partial charge in [0.25, 0.3) is 5.56 Å². The van der Waals surface area contributed by atoms with Crippen molar-refractivity contribution in [3.63, 3.8) is 0 Å². The first-order valence-electron chi connectivity index (χ1n) is 6.01. The summed E-state index contributed by atoms with van der Waals surface area (Å²) in [6.45, 7) is -0.0237. The molecule has 0 saturated heterocycles. The molecule has 2 aromatic rings. The molecular weight excluding hydrogens is 285 g/mol. The van der Waals surface area contributed by atoms with Crippen molar-refractivity contribution < 1.29 is 17.9 Å². The second kappa shape index (κ2) is 5.51. The Morgan fingerprint density at radius 1 is 1.24 bits per heavy atom. The van der Waals surface area contributed by atoms with Crippen LogP contribution in [0.3, 0.4) is 0 Å². The van der Waals surface area contributed by atoms with Crippen LogP contribution in [0.15, 0.2) is 41.3 Å². The van der Waals surface area contributed by atoms with Crippen LogP contribution in [-0.2, 0) is 12.7 Å². The molecule has 1 aromatic carbocycles. The van der Waals surface area contributed by atoms with E-state index >= 15 is 0 Å². The molecule has 2 N–H and O–H groups in total. The van der Waals surface area contributed by atoms with Crippen LogP contribution in [0.2, 0.25) is 0 Å². The van der Waals surface area contributed by atoms with Gasteiger partial charge >= 0.3 is 6.18 Å². The number of aromatic nitrogens is 1. The van der Waals surface area contributed by atoms with Crippen molar-refractivity contribution in [3.8, 4) is 5.75 Å². The normalized spacial score (nSPS) is 11.4. The molecule has 2 rings (SSSR count). The summed E-state index contributed by atoms with van der Waals surface area (Å²) in [4.78, 5) is 11.7. The zero-order chi connectivity index (χ0) is 15.6. The number of alkyl halides is 3. The third-order valence-corrected chi connectivity index (χ3v) is 2.89. The van der Waals surface area contributed by atoms with Gasteiger partial charge in [0, 0.05) is 24.0 Å². The average Bonchev–Trinajstić information content (AvgIpc) is 2.39. The minimum absolute atomic E-state index is 0.0237. The fourth-order valence-electron chi connectivity index (χ4n) is 1.91. The van der Waals surface area contributed by atoms with E-state index in [4.69, 9.17) is 10.5 Å². The fourth-order valence-corrected chi connectivity index (χ4v) is 1.91. The molecule has 0 aliphatic heterocycles. The third kappa shape index (κ3) is 3.56. The monoisotopic (exact) mass is 298 g/mol. The largest absolute Gasteiger partial charge is 0.497 e. The predicted molar refractivity (Wildman–Crippen MR) is 72.2 cm³/mol. The number of methoxy groups -OCH3 is 1. The molecule has 1 aromatic heterocycles. The van der Waals surface area contributed by atoms with Gasteiger partial charge in [0.1, 0.15) is 5.75 Å². The van der Waals surface area contributed by atoms with E-state index in [1.807, 2.05) is 0 Å². The number of rotatable bonds is 3. The number of hydrogen-bond donors (Lipinski definition) is 1. The lowest BCUT2D eigenvalue weighted by molar-refractivity contribution is -0.138. The van der Waals surface area contributed by atoms with Gasteiger partial charge in [-0.25, -0.2) is 0 Å². The van der Waals surface area contributed by atoms with Crippen LogP contribution in [0.4, 0.5) is 18.9 Å². The maximum Gasteiger partial charge on any atom is 0.417 e. The quantitative estimate of drug-likeness (QED) is 0.886. The second-order valence-corrected chi connectivity index (χ2v) is 4.50. The number of ether oxygens (including phenoxy) is 1. The Morgan fingerprint density at radius 2 is 1.95 bits per heavy atom. The van der Waals surface area contributed by atoms with E-state index in [0.29, 0.717) is 17.0 Å². The van der Waals surface area contributed by atoms with E-state index < -0.39 is 17.3 Å². The Hall–Kier alpha value is -2.44. The Morgan fingerprint density at radius 3 is 2.57 bits per heavy atom. The highest BCUT2D eigenvalue weighted by molar-refractivity contribution is 5.47. The van der Waals surface area contributed by atoms with E-state index in [9.17, 15) is 18.0 Å². The highest BCUT2D eigenvalue weighted by Gasteiger charge is 2.31. The van der Waals surface area contributed by atoms with E-state index in [0.717, 1.165) is 22.9 Å². The van der Waals surface area contributed by atoms with Crippen molar-refractivity contribution >= 4 is 5.69 Å². The van der Waals surface area contributed by atoms with Crippen molar-refractivity contribution in [2.75, 3.05) is 12.8 Å². The summed E-state index contributed by atoms with van der Waals surface area (Å²) in [5, 5.41) is 0. The first-order chi connectivity index (χ1) is 9.79. The summed E-state index contributed by atoms with van der Waals surface area (Å²) in [6.07, 6.45) is -3.71. The lowest BCUT2D eigenvalue weighted by Crippen LogP contribution is -2.22. The lowest BCUT2D eigenvalue weighted by Gasteiger charge is -2.12. The topological polar surface area (TPSA) is 57.2 Å². The molecule has 0 atom stereocenters. The van der Waals surface area contributed by atoms with Crippen molar-refractivity contribution in [1.82, 2.24) is 4.57 Å². The molecule has 1 heterocycles. The second-order valence-electron chi connectivity index (χ2n) is 4.50. The van der Waals surface area contributed by atoms with Crippen molar-refractivity contribution in [3.05, 3.63) is 58.0 Å². The number of anilines is 1. The maximum atomic E-state index is 12.7. The van der Waals surface area contributed by atoms with Gasteiger partial charge in [0.15, 0.2) is 0 Å². The van der Waals surface area contributed by atoms with Gasteiger partial charge in [0.05, 0.1) is 19.2 Å². The summed E-state index contributed by atoms with van der Waals surface area (Å²) in [7, 11) is 1.45. The molecule has 21 heavy (non-hydrogen) atoms. The highest BCUT2D eigenvalue weighted by Crippen LogP contribution is 2.28. The number of nitrogen functional groups attached to an aromatic ring is 1. The van der Waals surface area contributed by atoms with Crippen molar-refractivity contribution in [1.29, 1.82) is 0 Å². The van der Waals surface area contributed by atoms with Gasteiger partial charge in [0.2, 0.25) is 0 Å². The number of pyridine rings is 1. The Bertz CT molecular complexity index is 708. The molecule has 0 unspecified atom stereocenters. The van der Waals surface area contributed by atoms with E-state index in [1.54, 1.807) is 18.2 Å². The molecule has 112 valence electrons. The molecular formula is C14H13F3N2O2. The summed E-state index contributed by atoms with van der Waals surface area (Å²) < 4.78 is 44.0. The molecule has 0 bridgehead atoms. The summed E-state index contributed by atoms with van der Waals surface area (Å²) in [5.41, 5.74) is 5.26. The minimum Gasteiger partial charge on any atom is -0.497 e. The smallest absolute Gasteiger partial charge is 0.417 e. The highest BCUT2D eigenvalue weighted by atomic mass is 19.4.